The molecule has 1 aromatic carbocycles. The maximum absolute atomic E-state index is 13.3. The van der Waals surface area contributed by atoms with E-state index in [4.69, 9.17) is 9.72 Å². The molecule has 0 radical (unpaired) electrons. The van der Waals surface area contributed by atoms with Crippen molar-refractivity contribution in [1.29, 1.82) is 0 Å². The normalized spacial score (nSPS) is 11.2. The van der Waals surface area contributed by atoms with E-state index >= 15 is 0 Å². The van der Waals surface area contributed by atoms with E-state index in [1.165, 1.54) is 17.3 Å². The molecular formula is C28H39N3O4S. The first-order chi connectivity index (χ1) is 16.9. The molecule has 2 rings (SSSR count). The first-order valence-electron chi connectivity index (χ1n) is 12.1. The fourth-order valence-corrected chi connectivity index (χ4v) is 4.52. The van der Waals surface area contributed by atoms with Gasteiger partial charge in [-0.05, 0) is 73.4 Å². The summed E-state index contributed by atoms with van der Waals surface area (Å²) in [6.45, 7) is 14.4. The van der Waals surface area contributed by atoms with Gasteiger partial charge >= 0.3 is 5.97 Å². The van der Waals surface area contributed by atoms with Crippen LogP contribution >= 0.6 is 11.8 Å². The molecular weight excluding hydrogens is 474 g/mol. The number of hydrogen-bond acceptors (Lipinski definition) is 5. The Morgan fingerprint density at radius 2 is 1.81 bits per heavy atom. The predicted octanol–water partition coefficient (Wildman–Crippen LogP) is 6.23. The van der Waals surface area contributed by atoms with Crippen LogP contribution in [0.2, 0.25) is 0 Å². The van der Waals surface area contributed by atoms with Crippen LogP contribution in [0.25, 0.3) is 11.4 Å². The van der Waals surface area contributed by atoms with Crippen molar-refractivity contribution in [2.24, 2.45) is 0 Å². The lowest BCUT2D eigenvalue weighted by Crippen LogP contribution is -2.26. The molecule has 0 fully saturated rings. The molecule has 1 heterocycles. The number of aromatic nitrogens is 2. The molecule has 0 bridgehead atoms. The third-order valence-electron chi connectivity index (χ3n) is 5.77. The highest BCUT2D eigenvalue weighted by molar-refractivity contribution is 8.01. The number of rotatable bonds is 12. The number of allylic oxidation sites excluding steroid dienone is 4. The molecule has 0 unspecified atom stereocenters. The number of carboxylic acid groups (broad SMARTS) is 1. The SMILES string of the molecule is COCCn1c(-c2ccc(SC(C)(C)C(=O)O)cc2)nc(C(=O)NC(CCC=C(C)C)=C(C)C)c1C. The Morgan fingerprint density at radius 3 is 2.33 bits per heavy atom. The minimum atomic E-state index is -0.936. The van der Waals surface area contributed by atoms with Crippen LogP contribution in [0.5, 0.6) is 0 Å². The van der Waals surface area contributed by atoms with E-state index in [1.807, 2.05) is 49.6 Å². The monoisotopic (exact) mass is 513 g/mol. The number of carbonyl (C=O) groups excluding carboxylic acids is 1. The number of nitrogens with one attached hydrogen (secondary N) is 1. The standard InChI is InChI=1S/C28H39N3O4S/c1-18(2)10-9-11-23(19(3)4)29-26(32)24-20(5)31(16-17-35-8)25(30-24)21-12-14-22(15-13-21)36-28(6,7)27(33)34/h10,12-15H,9,11,16-17H2,1-8H3,(H,29,32)(H,33,34). The van der Waals surface area contributed by atoms with Gasteiger partial charge in [0.1, 0.15) is 16.3 Å². The van der Waals surface area contributed by atoms with Crippen LogP contribution in [0.3, 0.4) is 0 Å². The van der Waals surface area contributed by atoms with Crippen LogP contribution in [0.1, 0.15) is 70.6 Å². The molecule has 7 nitrogen and oxygen atoms in total. The smallest absolute Gasteiger partial charge is 0.319 e. The number of amides is 1. The van der Waals surface area contributed by atoms with Crippen molar-refractivity contribution < 1.29 is 19.4 Å². The number of hydrogen-bond donors (Lipinski definition) is 2. The fourth-order valence-electron chi connectivity index (χ4n) is 3.57. The average molecular weight is 514 g/mol. The highest BCUT2D eigenvalue weighted by Gasteiger charge is 2.28. The number of carboxylic acids is 1. The van der Waals surface area contributed by atoms with E-state index in [9.17, 15) is 14.7 Å². The van der Waals surface area contributed by atoms with Gasteiger partial charge in [-0.25, -0.2) is 4.98 Å². The van der Waals surface area contributed by atoms with E-state index in [2.05, 4.69) is 25.2 Å². The maximum Gasteiger partial charge on any atom is 0.319 e. The van der Waals surface area contributed by atoms with Crippen molar-refractivity contribution in [3.63, 3.8) is 0 Å². The predicted molar refractivity (Wildman–Crippen MR) is 146 cm³/mol. The van der Waals surface area contributed by atoms with Crippen molar-refractivity contribution in [3.05, 3.63) is 58.6 Å². The number of nitrogens with zero attached hydrogens (tertiary/aromatic N) is 2. The Balaban J connectivity index is 2.37. The number of thioether (sulfide) groups is 1. The molecule has 36 heavy (non-hydrogen) atoms. The van der Waals surface area contributed by atoms with Crippen LogP contribution in [0.15, 0.2) is 52.1 Å². The largest absolute Gasteiger partial charge is 0.480 e. The molecule has 0 aliphatic rings. The summed E-state index contributed by atoms with van der Waals surface area (Å²) in [6, 6.07) is 7.60. The van der Waals surface area contributed by atoms with Crippen LogP contribution in [0.4, 0.5) is 0 Å². The van der Waals surface area contributed by atoms with Gasteiger partial charge in [0.05, 0.1) is 6.61 Å². The molecule has 0 atom stereocenters. The number of ether oxygens (including phenoxy) is 1. The highest BCUT2D eigenvalue weighted by Crippen LogP contribution is 2.34. The van der Waals surface area contributed by atoms with Gasteiger partial charge in [-0.15, -0.1) is 11.8 Å². The first-order valence-corrected chi connectivity index (χ1v) is 12.9. The summed E-state index contributed by atoms with van der Waals surface area (Å²) in [5.74, 6) is -0.421. The summed E-state index contributed by atoms with van der Waals surface area (Å²) in [6.07, 6.45) is 3.78. The fraction of sp³-hybridized carbons (Fsp3) is 0.464. The van der Waals surface area contributed by atoms with Crippen molar-refractivity contribution in [2.75, 3.05) is 13.7 Å². The maximum atomic E-state index is 13.3. The van der Waals surface area contributed by atoms with Gasteiger partial charge in [-0.1, -0.05) is 29.4 Å². The Labute approximate surface area is 219 Å². The summed E-state index contributed by atoms with van der Waals surface area (Å²) < 4.78 is 6.35. The van der Waals surface area contributed by atoms with Crippen molar-refractivity contribution in [3.8, 4) is 11.4 Å². The molecule has 2 aromatic rings. The number of carbonyl (C=O) groups is 2. The zero-order valence-corrected chi connectivity index (χ0v) is 23.5. The van der Waals surface area contributed by atoms with Gasteiger partial charge in [0.25, 0.3) is 5.91 Å². The first kappa shape index (κ1) is 29.4. The van der Waals surface area contributed by atoms with Crippen LogP contribution in [-0.4, -0.2) is 45.0 Å². The molecule has 0 spiro atoms. The average Bonchev–Trinajstić information content (AvgIpc) is 3.12. The van der Waals surface area contributed by atoms with Gasteiger partial charge < -0.3 is 19.7 Å². The van der Waals surface area contributed by atoms with Gasteiger partial charge in [-0.3, -0.25) is 9.59 Å². The van der Waals surface area contributed by atoms with E-state index in [-0.39, 0.29) is 5.91 Å². The molecule has 0 saturated heterocycles. The molecule has 0 saturated carbocycles. The number of aliphatic carboxylic acids is 1. The second-order valence-electron chi connectivity index (χ2n) is 9.71. The second kappa shape index (κ2) is 12.9. The van der Waals surface area contributed by atoms with Crippen LogP contribution in [0, 0.1) is 6.92 Å². The Morgan fingerprint density at radius 1 is 1.17 bits per heavy atom. The lowest BCUT2D eigenvalue weighted by Gasteiger charge is -2.18. The Bertz CT molecular complexity index is 1140. The minimum Gasteiger partial charge on any atom is -0.480 e. The zero-order valence-electron chi connectivity index (χ0n) is 22.7. The van der Waals surface area contributed by atoms with Gasteiger partial charge in [0.2, 0.25) is 0 Å². The third-order valence-corrected chi connectivity index (χ3v) is 6.96. The molecule has 1 aromatic heterocycles. The summed E-state index contributed by atoms with van der Waals surface area (Å²) >= 11 is 1.29. The lowest BCUT2D eigenvalue weighted by molar-refractivity contribution is -0.138. The number of methoxy groups -OCH3 is 1. The zero-order chi connectivity index (χ0) is 27.0. The summed E-state index contributed by atoms with van der Waals surface area (Å²) in [5.41, 5.74) is 5.22. The third kappa shape index (κ3) is 7.83. The second-order valence-corrected chi connectivity index (χ2v) is 11.4. The van der Waals surface area contributed by atoms with Gasteiger partial charge in [0, 0.05) is 35.5 Å². The van der Waals surface area contributed by atoms with Gasteiger partial charge in [-0.2, -0.15) is 0 Å². The highest BCUT2D eigenvalue weighted by atomic mass is 32.2. The molecule has 1 amide bonds. The van der Waals surface area contributed by atoms with Crippen LogP contribution < -0.4 is 5.32 Å². The Hall–Kier alpha value is -2.84. The summed E-state index contributed by atoms with van der Waals surface area (Å²) in [7, 11) is 1.64. The van der Waals surface area contributed by atoms with Crippen molar-refractivity contribution >= 4 is 23.6 Å². The van der Waals surface area contributed by atoms with Crippen LogP contribution in [-0.2, 0) is 16.1 Å². The van der Waals surface area contributed by atoms with E-state index in [0.717, 1.165) is 40.3 Å². The molecule has 0 aliphatic heterocycles. The summed E-state index contributed by atoms with van der Waals surface area (Å²) in [5, 5.41) is 12.5. The van der Waals surface area contributed by atoms with Gasteiger partial charge in [0.15, 0.2) is 0 Å². The molecule has 2 N–H and O–H groups in total. The summed E-state index contributed by atoms with van der Waals surface area (Å²) in [4.78, 5) is 30.4. The minimum absolute atomic E-state index is 0.228. The van der Waals surface area contributed by atoms with E-state index < -0.39 is 10.7 Å². The van der Waals surface area contributed by atoms with E-state index in [1.54, 1.807) is 21.0 Å². The molecule has 196 valence electrons. The van der Waals surface area contributed by atoms with E-state index in [0.29, 0.717) is 24.7 Å². The van der Waals surface area contributed by atoms with Crippen molar-refractivity contribution in [2.45, 2.75) is 77.5 Å². The molecule has 0 aliphatic carbocycles. The topological polar surface area (TPSA) is 93.4 Å². The lowest BCUT2D eigenvalue weighted by atomic mass is 10.1. The van der Waals surface area contributed by atoms with Crippen molar-refractivity contribution in [1.82, 2.24) is 14.9 Å². The Kier molecular flexibility index (Phi) is 10.5. The molecule has 8 heteroatoms. The quantitative estimate of drug-likeness (QED) is 0.258. The number of imidazole rings is 1. The number of benzene rings is 1.